The molecule has 166 valence electrons. The Labute approximate surface area is 188 Å². The molecular formula is C23H22N8O2. The maximum Gasteiger partial charge on any atom is 0.280 e. The van der Waals surface area contributed by atoms with E-state index in [-0.39, 0.29) is 12.1 Å². The summed E-state index contributed by atoms with van der Waals surface area (Å²) in [4.78, 5) is 28.2. The molecule has 4 aromatic heterocycles. The minimum Gasteiger partial charge on any atom is -0.371 e. The molecule has 5 aromatic rings. The molecule has 1 aliphatic carbocycles. The highest BCUT2D eigenvalue weighted by atomic mass is 16.5. The first-order valence-electron chi connectivity index (χ1n) is 11.1. The molecule has 2 fully saturated rings. The SMILES string of the molecule is Cn1ccc2cc(N3C[C@@H]4[C@H](C3)[C@@H]4c3noc(Cn4cnc5ncn(C)c5c4=O)n3)ccc21. The molecule has 1 aromatic carbocycles. The van der Waals surface area contributed by atoms with E-state index in [9.17, 15) is 4.79 Å². The molecule has 2 aliphatic rings. The first-order chi connectivity index (χ1) is 16.1. The highest BCUT2D eigenvalue weighted by molar-refractivity contribution is 5.84. The van der Waals surface area contributed by atoms with Gasteiger partial charge in [-0.2, -0.15) is 4.98 Å². The zero-order chi connectivity index (χ0) is 22.3. The van der Waals surface area contributed by atoms with Crippen LogP contribution in [-0.2, 0) is 20.6 Å². The van der Waals surface area contributed by atoms with Gasteiger partial charge >= 0.3 is 0 Å². The Kier molecular flexibility index (Phi) is 3.68. The molecule has 1 saturated heterocycles. The smallest absolute Gasteiger partial charge is 0.280 e. The van der Waals surface area contributed by atoms with E-state index in [0.717, 1.165) is 18.9 Å². The topological polar surface area (TPSA) is 99.8 Å². The van der Waals surface area contributed by atoms with E-state index < -0.39 is 0 Å². The first-order valence-corrected chi connectivity index (χ1v) is 11.1. The zero-order valence-electron chi connectivity index (χ0n) is 18.3. The quantitative estimate of drug-likeness (QED) is 0.419. The Bertz CT molecular complexity index is 1580. The average Bonchev–Trinajstić information content (AvgIpc) is 3.35. The van der Waals surface area contributed by atoms with Crippen LogP contribution in [0, 0.1) is 11.8 Å². The second-order valence-electron chi connectivity index (χ2n) is 9.18. The summed E-state index contributed by atoms with van der Waals surface area (Å²) in [7, 11) is 3.85. The molecule has 7 rings (SSSR count). The van der Waals surface area contributed by atoms with Gasteiger partial charge in [-0.15, -0.1) is 0 Å². The van der Waals surface area contributed by atoms with Crippen LogP contribution in [0.1, 0.15) is 17.6 Å². The molecule has 1 saturated carbocycles. The van der Waals surface area contributed by atoms with Crippen LogP contribution >= 0.6 is 0 Å². The van der Waals surface area contributed by atoms with Crippen molar-refractivity contribution < 1.29 is 4.52 Å². The van der Waals surface area contributed by atoms with E-state index >= 15 is 0 Å². The van der Waals surface area contributed by atoms with Gasteiger partial charge in [0, 0.05) is 55.9 Å². The van der Waals surface area contributed by atoms with Crippen molar-refractivity contribution in [2.24, 2.45) is 25.9 Å². The molecule has 0 N–H and O–H groups in total. The number of rotatable bonds is 4. The number of fused-ring (bicyclic) bond motifs is 3. The molecule has 0 amide bonds. The highest BCUT2D eigenvalue weighted by Crippen LogP contribution is 2.58. The number of aryl methyl sites for hydroxylation is 2. The van der Waals surface area contributed by atoms with Gasteiger partial charge in [0.1, 0.15) is 12.9 Å². The summed E-state index contributed by atoms with van der Waals surface area (Å²) < 4.78 is 10.8. The second kappa shape index (κ2) is 6.53. The van der Waals surface area contributed by atoms with Gasteiger partial charge in [0.15, 0.2) is 17.0 Å². The molecule has 1 aliphatic heterocycles. The Balaban J connectivity index is 1.06. The second-order valence-corrected chi connectivity index (χ2v) is 9.18. The fraction of sp³-hybridized carbons (Fsp3) is 0.348. The van der Waals surface area contributed by atoms with Crippen LogP contribution in [0.3, 0.4) is 0 Å². The molecule has 0 unspecified atom stereocenters. The monoisotopic (exact) mass is 442 g/mol. The molecule has 0 spiro atoms. The number of aromatic nitrogens is 7. The largest absolute Gasteiger partial charge is 0.371 e. The molecule has 5 heterocycles. The van der Waals surface area contributed by atoms with E-state index in [1.54, 1.807) is 17.9 Å². The van der Waals surface area contributed by atoms with Crippen LogP contribution in [0.5, 0.6) is 0 Å². The lowest BCUT2D eigenvalue weighted by Gasteiger charge is -2.21. The van der Waals surface area contributed by atoms with Crippen LogP contribution in [0.25, 0.3) is 22.1 Å². The average molecular weight is 442 g/mol. The third kappa shape index (κ3) is 2.76. The van der Waals surface area contributed by atoms with E-state index in [2.05, 4.69) is 67.1 Å². The Morgan fingerprint density at radius 1 is 1.06 bits per heavy atom. The highest BCUT2D eigenvalue weighted by Gasteiger charge is 2.58. The summed E-state index contributed by atoms with van der Waals surface area (Å²) in [5.41, 5.74) is 3.24. The fourth-order valence-corrected chi connectivity index (χ4v) is 5.38. The van der Waals surface area contributed by atoms with Crippen LogP contribution in [-0.4, -0.2) is 46.9 Å². The van der Waals surface area contributed by atoms with Gasteiger partial charge < -0.3 is 18.6 Å². The minimum atomic E-state index is -0.172. The van der Waals surface area contributed by atoms with Crippen molar-refractivity contribution in [1.29, 1.82) is 0 Å². The summed E-state index contributed by atoms with van der Waals surface area (Å²) in [6.07, 6.45) is 5.16. The van der Waals surface area contributed by atoms with Gasteiger partial charge in [-0.05, 0) is 36.1 Å². The van der Waals surface area contributed by atoms with Crippen molar-refractivity contribution in [2.45, 2.75) is 12.5 Å². The number of anilines is 1. The number of nitrogens with zero attached hydrogens (tertiary/aromatic N) is 8. The van der Waals surface area contributed by atoms with E-state index in [1.165, 1.54) is 27.5 Å². The Morgan fingerprint density at radius 3 is 2.73 bits per heavy atom. The maximum atomic E-state index is 12.7. The third-order valence-electron chi connectivity index (χ3n) is 7.22. The Morgan fingerprint density at radius 2 is 1.88 bits per heavy atom. The summed E-state index contributed by atoms with van der Waals surface area (Å²) >= 11 is 0. The lowest BCUT2D eigenvalue weighted by molar-refractivity contribution is 0.363. The van der Waals surface area contributed by atoms with Crippen LogP contribution in [0.15, 0.2) is 52.4 Å². The van der Waals surface area contributed by atoms with Crippen molar-refractivity contribution in [3.8, 4) is 0 Å². The maximum absolute atomic E-state index is 12.7. The lowest BCUT2D eigenvalue weighted by Crippen LogP contribution is -2.23. The van der Waals surface area contributed by atoms with Crippen LogP contribution < -0.4 is 10.5 Å². The molecule has 10 heteroatoms. The summed E-state index contributed by atoms with van der Waals surface area (Å²) in [5.74, 6) is 2.58. The van der Waals surface area contributed by atoms with Gasteiger partial charge in [-0.3, -0.25) is 9.36 Å². The van der Waals surface area contributed by atoms with E-state index in [4.69, 9.17) is 4.52 Å². The lowest BCUT2D eigenvalue weighted by atomic mass is 10.2. The van der Waals surface area contributed by atoms with Gasteiger partial charge in [0.25, 0.3) is 5.56 Å². The van der Waals surface area contributed by atoms with Crippen molar-refractivity contribution in [2.75, 3.05) is 18.0 Å². The van der Waals surface area contributed by atoms with E-state index in [1.807, 2.05) is 0 Å². The number of hydrogen-bond acceptors (Lipinski definition) is 7. The van der Waals surface area contributed by atoms with Gasteiger partial charge in [0.05, 0.1) is 6.33 Å². The predicted molar refractivity (Wildman–Crippen MR) is 121 cm³/mol. The Hall–Kier alpha value is -3.95. The van der Waals surface area contributed by atoms with Gasteiger partial charge in [-0.1, -0.05) is 5.16 Å². The molecule has 10 nitrogen and oxygen atoms in total. The molecular weight excluding hydrogens is 420 g/mol. The first kappa shape index (κ1) is 18.6. The zero-order valence-corrected chi connectivity index (χ0v) is 18.3. The van der Waals surface area contributed by atoms with Crippen molar-refractivity contribution >= 4 is 27.8 Å². The predicted octanol–water partition coefficient (Wildman–Crippen LogP) is 1.90. The van der Waals surface area contributed by atoms with Crippen molar-refractivity contribution in [3.05, 3.63) is 65.2 Å². The summed E-state index contributed by atoms with van der Waals surface area (Å²) in [5, 5.41) is 5.50. The van der Waals surface area contributed by atoms with E-state index in [0.29, 0.717) is 34.8 Å². The fourth-order valence-electron chi connectivity index (χ4n) is 5.38. The molecule has 33 heavy (non-hydrogen) atoms. The summed E-state index contributed by atoms with van der Waals surface area (Å²) in [6.45, 7) is 2.20. The standard InChI is InChI=1S/C23H22N8O2/c1-28-6-5-13-7-14(3-4-17(13)28)30-8-15-16(9-30)19(15)21-26-18(33-27-21)10-31-12-25-22-20(23(31)32)29(2)11-24-22/h3-7,11-12,15-16,19H,8-10H2,1-2H3/t15-,16+,19-. The number of imidazole rings is 1. The van der Waals surface area contributed by atoms with Gasteiger partial charge in [-0.25, -0.2) is 9.97 Å². The molecule has 0 radical (unpaired) electrons. The van der Waals surface area contributed by atoms with Crippen LogP contribution in [0.2, 0.25) is 0 Å². The molecule has 0 bridgehead atoms. The number of hydrogen-bond donors (Lipinski definition) is 0. The van der Waals surface area contributed by atoms with Gasteiger partial charge in [0.2, 0.25) is 5.89 Å². The van der Waals surface area contributed by atoms with Crippen LogP contribution in [0.4, 0.5) is 5.69 Å². The number of piperidine rings is 1. The normalized spacial score (nSPS) is 21.9. The van der Waals surface area contributed by atoms with Crippen molar-refractivity contribution in [3.63, 3.8) is 0 Å². The summed E-state index contributed by atoms with van der Waals surface area (Å²) in [6, 6.07) is 8.83. The molecule has 3 atom stereocenters. The third-order valence-corrected chi connectivity index (χ3v) is 7.22. The minimum absolute atomic E-state index is 0.172. The number of benzene rings is 1. The van der Waals surface area contributed by atoms with Crippen molar-refractivity contribution in [1.82, 2.24) is 33.8 Å².